The van der Waals surface area contributed by atoms with Crippen molar-refractivity contribution >= 4 is 40.6 Å². The van der Waals surface area contributed by atoms with E-state index in [2.05, 4.69) is 45.6 Å². The highest BCUT2D eigenvalue weighted by molar-refractivity contribution is 6.14. The molecule has 3 aliphatic heterocycles. The number of nitriles is 1. The van der Waals surface area contributed by atoms with E-state index in [1.807, 2.05) is 13.0 Å². The first-order chi connectivity index (χ1) is 26.7. The molecule has 0 spiro atoms. The number of fused-ring (bicyclic) bond motifs is 2. The molecule has 3 aromatic heterocycles. The van der Waals surface area contributed by atoms with E-state index in [1.54, 1.807) is 12.3 Å². The lowest BCUT2D eigenvalue weighted by Gasteiger charge is -2.28. The number of ether oxygens (including phenoxy) is 1. The number of amides is 1. The SMILES string of the molecule is Cc1nc(-c2ncn[nH]2)ccc1-c1cnc2c(n1)N(CCOCCCCC1=NC(=Nc3ccc(C#N)c(C(F)(F)F)c3)C3(C)CC(C(F)(F)F)=NN13)C(=O)CN2. The van der Waals surface area contributed by atoms with E-state index in [4.69, 9.17) is 15.0 Å². The van der Waals surface area contributed by atoms with Crippen LogP contribution in [0, 0.1) is 18.3 Å². The number of hydrogen-bond donors (Lipinski definition) is 2. The number of carbonyl (C=O) groups excluding carboxylic acids is 1. The lowest BCUT2D eigenvalue weighted by Crippen LogP contribution is -2.43. The number of benzene rings is 1. The fraction of sp³-hybridized carbons (Fsp3) is 0.371. The molecule has 1 aromatic carbocycles. The monoisotopic (exact) mass is 779 g/mol. The molecule has 7 rings (SSSR count). The first-order valence-corrected chi connectivity index (χ1v) is 17.2. The van der Waals surface area contributed by atoms with Gasteiger partial charge in [0.15, 0.2) is 23.3 Å². The van der Waals surface area contributed by atoms with Gasteiger partial charge in [-0.25, -0.2) is 34.9 Å². The van der Waals surface area contributed by atoms with Gasteiger partial charge in [-0.3, -0.25) is 14.8 Å². The number of aryl methyl sites for hydroxylation is 1. The number of aromatic amines is 1. The van der Waals surface area contributed by atoms with Gasteiger partial charge in [-0.15, -0.1) is 0 Å². The van der Waals surface area contributed by atoms with Crippen LogP contribution >= 0.6 is 0 Å². The summed E-state index contributed by atoms with van der Waals surface area (Å²) in [6.07, 6.45) is -6.18. The Bertz CT molecular complexity index is 2300. The third-order valence-electron chi connectivity index (χ3n) is 9.29. The van der Waals surface area contributed by atoms with E-state index in [-0.39, 0.29) is 56.0 Å². The van der Waals surface area contributed by atoms with Crippen LogP contribution in [-0.2, 0) is 15.7 Å². The molecule has 6 heterocycles. The number of anilines is 2. The summed E-state index contributed by atoms with van der Waals surface area (Å²) >= 11 is 0. The number of rotatable bonds is 11. The lowest BCUT2D eigenvalue weighted by molar-refractivity contribution is -0.137. The maximum Gasteiger partial charge on any atom is 0.431 e. The molecule has 0 saturated carbocycles. The van der Waals surface area contributed by atoms with Crippen molar-refractivity contribution in [3.05, 3.63) is 59.7 Å². The zero-order valence-electron chi connectivity index (χ0n) is 29.7. The van der Waals surface area contributed by atoms with Gasteiger partial charge >= 0.3 is 12.4 Å². The van der Waals surface area contributed by atoms with Crippen LogP contribution in [0.2, 0.25) is 0 Å². The fourth-order valence-corrected chi connectivity index (χ4v) is 6.46. The molecule has 0 saturated heterocycles. The molecule has 56 heavy (non-hydrogen) atoms. The van der Waals surface area contributed by atoms with Crippen molar-refractivity contribution in [3.63, 3.8) is 0 Å². The van der Waals surface area contributed by atoms with Gasteiger partial charge in [0.25, 0.3) is 0 Å². The summed E-state index contributed by atoms with van der Waals surface area (Å²) in [5, 5.41) is 23.7. The van der Waals surface area contributed by atoms with Crippen molar-refractivity contribution in [2.75, 3.05) is 36.5 Å². The van der Waals surface area contributed by atoms with E-state index in [0.29, 0.717) is 59.0 Å². The van der Waals surface area contributed by atoms with E-state index < -0.39 is 41.2 Å². The number of hydrazone groups is 1. The summed E-state index contributed by atoms with van der Waals surface area (Å²) in [6, 6.07) is 7.89. The standard InChI is InChI=1S/C35H31F6N13O2/c1-19-22(8-9-24(47-19)29-45-18-46-51-29)25-16-43-30-31(49-25)53(28(55)17-44-30)10-12-56-11-4-3-5-27-50-32(33(2)14-26(35(39,40)41)52-54(27)33)48-21-7-6-20(15-42)23(13-21)34(36,37)38/h6-9,13,16,18H,3-5,10-12,14,17H2,1-2H3,(H,43,44)(H,45,46,51). The topological polar surface area (TPSA) is 186 Å². The second-order valence-electron chi connectivity index (χ2n) is 13.2. The van der Waals surface area contributed by atoms with Gasteiger partial charge in [0, 0.05) is 30.7 Å². The van der Waals surface area contributed by atoms with Gasteiger partial charge in [-0.05, 0) is 57.0 Å². The number of halogens is 6. The van der Waals surface area contributed by atoms with E-state index in [9.17, 15) is 31.1 Å². The Morgan fingerprint density at radius 3 is 2.57 bits per heavy atom. The third kappa shape index (κ3) is 7.51. The number of hydrogen-bond acceptors (Lipinski definition) is 12. The molecule has 0 bridgehead atoms. The van der Waals surface area contributed by atoms with Crippen molar-refractivity contribution in [1.29, 1.82) is 5.26 Å². The van der Waals surface area contributed by atoms with Gasteiger partial charge in [0.2, 0.25) is 5.91 Å². The largest absolute Gasteiger partial charge is 0.431 e. The Morgan fingerprint density at radius 1 is 1.04 bits per heavy atom. The van der Waals surface area contributed by atoms with Crippen LogP contribution in [0.5, 0.6) is 0 Å². The average Bonchev–Trinajstić information content (AvgIpc) is 3.88. The Kier molecular flexibility index (Phi) is 10.0. The van der Waals surface area contributed by atoms with E-state index in [0.717, 1.165) is 11.1 Å². The number of unbranched alkanes of at least 4 members (excludes halogenated alkanes) is 1. The fourth-order valence-electron chi connectivity index (χ4n) is 6.46. The van der Waals surface area contributed by atoms with Gasteiger partial charge in [-0.2, -0.15) is 41.8 Å². The second kappa shape index (κ2) is 14.7. The maximum absolute atomic E-state index is 13.8. The van der Waals surface area contributed by atoms with Crippen LogP contribution in [-0.4, -0.2) is 96.5 Å². The molecule has 4 aromatic rings. The number of alkyl halides is 6. The summed E-state index contributed by atoms with van der Waals surface area (Å²) in [5.41, 5.74) is -2.12. The predicted molar refractivity (Wildman–Crippen MR) is 190 cm³/mol. The smallest absolute Gasteiger partial charge is 0.380 e. The number of aromatic nitrogens is 6. The Balaban J connectivity index is 0.984. The predicted octanol–water partition coefficient (Wildman–Crippen LogP) is 5.99. The number of carbonyl (C=O) groups is 1. The second-order valence-corrected chi connectivity index (χ2v) is 13.2. The molecule has 1 atom stereocenters. The summed E-state index contributed by atoms with van der Waals surface area (Å²) < 4.78 is 87.9. The van der Waals surface area contributed by atoms with Crippen LogP contribution in [0.25, 0.3) is 22.8 Å². The molecule has 1 unspecified atom stereocenters. The van der Waals surface area contributed by atoms with Gasteiger partial charge in [0.05, 0.1) is 54.5 Å². The minimum absolute atomic E-state index is 0.0174. The Labute approximate surface area is 314 Å². The molecule has 15 nitrogen and oxygen atoms in total. The normalized spacial score (nSPS) is 18.8. The molecule has 1 amide bonds. The molecule has 0 radical (unpaired) electrons. The van der Waals surface area contributed by atoms with Gasteiger partial charge in [-0.1, -0.05) is 0 Å². The first-order valence-electron chi connectivity index (χ1n) is 17.2. The number of aliphatic imine (C=N–C) groups is 2. The van der Waals surface area contributed by atoms with Crippen LogP contribution in [0.15, 0.2) is 57.9 Å². The number of amidine groups is 2. The van der Waals surface area contributed by atoms with Crippen molar-refractivity contribution < 1.29 is 35.9 Å². The minimum atomic E-state index is -4.85. The van der Waals surface area contributed by atoms with Crippen molar-refractivity contribution in [3.8, 4) is 28.8 Å². The van der Waals surface area contributed by atoms with Crippen molar-refractivity contribution in [1.82, 2.24) is 35.1 Å². The highest BCUT2D eigenvalue weighted by atomic mass is 19.4. The Morgan fingerprint density at radius 2 is 1.86 bits per heavy atom. The third-order valence-corrected chi connectivity index (χ3v) is 9.29. The van der Waals surface area contributed by atoms with E-state index in [1.165, 1.54) is 30.3 Å². The number of nitrogens with one attached hydrogen (secondary N) is 2. The molecule has 21 heteroatoms. The zero-order chi connectivity index (χ0) is 39.8. The number of pyridine rings is 1. The summed E-state index contributed by atoms with van der Waals surface area (Å²) in [7, 11) is 0. The van der Waals surface area contributed by atoms with Crippen molar-refractivity contribution in [2.24, 2.45) is 15.1 Å². The molecule has 0 fully saturated rings. The number of H-pyrrole nitrogens is 1. The highest BCUT2D eigenvalue weighted by Crippen LogP contribution is 2.41. The molecule has 2 N–H and O–H groups in total. The summed E-state index contributed by atoms with van der Waals surface area (Å²) in [4.78, 5) is 41.0. The molecular weight excluding hydrogens is 748 g/mol. The van der Waals surface area contributed by atoms with Crippen LogP contribution in [0.3, 0.4) is 0 Å². The van der Waals surface area contributed by atoms with E-state index >= 15 is 0 Å². The first kappa shape index (κ1) is 38.0. The van der Waals surface area contributed by atoms with Crippen LogP contribution in [0.4, 0.5) is 43.7 Å². The van der Waals surface area contributed by atoms with Crippen LogP contribution in [0.1, 0.15) is 49.4 Å². The van der Waals surface area contributed by atoms with Crippen LogP contribution < -0.4 is 10.2 Å². The highest BCUT2D eigenvalue weighted by Gasteiger charge is 2.55. The molecule has 0 aliphatic carbocycles. The van der Waals surface area contributed by atoms with Gasteiger partial charge in [0.1, 0.15) is 29.1 Å². The summed E-state index contributed by atoms with van der Waals surface area (Å²) in [5.74, 6) is 1.09. The maximum atomic E-state index is 13.8. The van der Waals surface area contributed by atoms with Crippen molar-refractivity contribution in [2.45, 2.75) is 57.4 Å². The Hall–Kier alpha value is -6.30. The molecule has 3 aliphatic rings. The number of nitrogens with zero attached hydrogens (tertiary/aromatic N) is 11. The quantitative estimate of drug-likeness (QED) is 0.135. The molecule has 290 valence electrons. The zero-order valence-corrected chi connectivity index (χ0v) is 29.7. The minimum Gasteiger partial charge on any atom is -0.380 e. The average molecular weight is 780 g/mol. The summed E-state index contributed by atoms with van der Waals surface area (Å²) in [6.45, 7) is 3.85. The molecular formula is C35H31F6N13O2. The van der Waals surface area contributed by atoms with Gasteiger partial charge < -0.3 is 10.1 Å². The lowest BCUT2D eigenvalue weighted by atomic mass is 9.94.